The van der Waals surface area contributed by atoms with Gasteiger partial charge in [-0.3, -0.25) is 0 Å². The van der Waals surface area contributed by atoms with Gasteiger partial charge in [0.1, 0.15) is 0 Å². The molecule has 11 aromatic carbocycles. The van der Waals surface area contributed by atoms with E-state index in [1.54, 1.807) is 0 Å². The summed E-state index contributed by atoms with van der Waals surface area (Å²) < 4.78 is 0. The number of benzene rings is 11. The van der Waals surface area contributed by atoms with E-state index < -0.39 is 0 Å². The number of hydrogen-bond acceptors (Lipinski definition) is 0. The average Bonchev–Trinajstić information content (AvgIpc) is 3.13. The van der Waals surface area contributed by atoms with E-state index in [0.717, 1.165) is 0 Å². The van der Waals surface area contributed by atoms with Crippen molar-refractivity contribution in [3.63, 3.8) is 0 Å². The summed E-state index contributed by atoms with van der Waals surface area (Å²) in [5, 5.41) is 26.2. The Balaban J connectivity index is 1.47. The van der Waals surface area contributed by atoms with Crippen LogP contribution in [0.3, 0.4) is 0 Å². The summed E-state index contributed by atoms with van der Waals surface area (Å²) in [6.07, 6.45) is 0. The molecule has 0 aromatic heterocycles. The third-order valence-corrected chi connectivity index (χ3v) is 10.5. The van der Waals surface area contributed by atoms with Crippen LogP contribution < -0.4 is 0 Å². The van der Waals surface area contributed by atoms with Crippen molar-refractivity contribution < 1.29 is 0 Å². The van der Waals surface area contributed by atoms with Crippen LogP contribution in [0.4, 0.5) is 0 Å². The zero-order chi connectivity index (χ0) is 29.9. The van der Waals surface area contributed by atoms with Crippen LogP contribution in [-0.2, 0) is 0 Å². The molecular formula is C46H26. The van der Waals surface area contributed by atoms with Crippen LogP contribution in [0.5, 0.6) is 0 Å². The van der Waals surface area contributed by atoms with Crippen molar-refractivity contribution in [3.8, 4) is 0 Å². The molecule has 0 radical (unpaired) electrons. The van der Waals surface area contributed by atoms with Gasteiger partial charge >= 0.3 is 0 Å². The van der Waals surface area contributed by atoms with Gasteiger partial charge in [0.05, 0.1) is 0 Å². The van der Waals surface area contributed by atoms with Crippen molar-refractivity contribution in [1.29, 1.82) is 0 Å². The highest BCUT2D eigenvalue weighted by Gasteiger charge is 2.18. The highest BCUT2D eigenvalue weighted by atomic mass is 14.2. The summed E-state index contributed by atoms with van der Waals surface area (Å²) in [5.74, 6) is 0. The van der Waals surface area contributed by atoms with Crippen LogP contribution in [0.15, 0.2) is 158 Å². The smallest absolute Gasteiger partial charge is 0.00141 e. The summed E-state index contributed by atoms with van der Waals surface area (Å²) in [4.78, 5) is 0. The summed E-state index contributed by atoms with van der Waals surface area (Å²) in [6, 6.07) is 59.1. The van der Waals surface area contributed by atoms with Gasteiger partial charge in [0, 0.05) is 0 Å². The molecule has 0 aliphatic heterocycles. The number of fused-ring (bicyclic) bond motifs is 20. The SMILES string of the molecule is c1ccc2c(c1)ccc1c3cc4c(cc3c3ccc5ccccc5c3c21)c1ccc2ccccc2c1c1c2ccccc2ccc41. The molecule has 46 heavy (non-hydrogen) atoms. The number of hydrogen-bond donors (Lipinski definition) is 0. The Morgan fingerprint density at radius 3 is 0.674 bits per heavy atom. The molecule has 210 valence electrons. The van der Waals surface area contributed by atoms with Crippen LogP contribution in [0, 0.1) is 0 Å². The Morgan fingerprint density at radius 2 is 0.413 bits per heavy atom. The molecule has 0 spiro atoms. The molecule has 0 unspecified atom stereocenters. The van der Waals surface area contributed by atoms with Crippen molar-refractivity contribution in [2.75, 3.05) is 0 Å². The minimum absolute atomic E-state index is 1.28. The Hall–Kier alpha value is -5.98. The fourth-order valence-electron chi connectivity index (χ4n) is 8.55. The fourth-order valence-corrected chi connectivity index (χ4v) is 8.55. The first kappa shape index (κ1) is 24.4. The fraction of sp³-hybridized carbons (Fsp3) is 0. The predicted octanol–water partition coefficient (Wildman–Crippen LogP) is 13.2. The Kier molecular flexibility index (Phi) is 4.66. The predicted molar refractivity (Wildman–Crippen MR) is 202 cm³/mol. The molecule has 0 aliphatic carbocycles. The molecule has 0 atom stereocenters. The first-order chi connectivity index (χ1) is 22.8. The van der Waals surface area contributed by atoms with Crippen LogP contribution in [0.2, 0.25) is 0 Å². The van der Waals surface area contributed by atoms with Gasteiger partial charge in [-0.1, -0.05) is 146 Å². The van der Waals surface area contributed by atoms with E-state index in [2.05, 4.69) is 158 Å². The molecular weight excluding hydrogens is 553 g/mol. The molecule has 11 aromatic rings. The zero-order valence-corrected chi connectivity index (χ0v) is 25.0. The van der Waals surface area contributed by atoms with Gasteiger partial charge in [0.2, 0.25) is 0 Å². The van der Waals surface area contributed by atoms with Crippen molar-refractivity contribution in [3.05, 3.63) is 158 Å². The second-order valence-electron chi connectivity index (χ2n) is 12.8. The molecule has 0 heterocycles. The van der Waals surface area contributed by atoms with E-state index in [1.807, 2.05) is 0 Å². The van der Waals surface area contributed by atoms with E-state index in [-0.39, 0.29) is 0 Å². The lowest BCUT2D eigenvalue weighted by Crippen LogP contribution is -1.90. The Bertz CT molecular complexity index is 2700. The molecule has 0 amide bonds. The van der Waals surface area contributed by atoms with E-state index in [0.29, 0.717) is 0 Å². The topological polar surface area (TPSA) is 0 Å². The lowest BCUT2D eigenvalue weighted by molar-refractivity contribution is 1.78. The second kappa shape index (κ2) is 8.81. The third kappa shape index (κ3) is 3.08. The first-order valence-electron chi connectivity index (χ1n) is 16.1. The van der Waals surface area contributed by atoms with Crippen LogP contribution in [0.25, 0.3) is 108 Å². The third-order valence-electron chi connectivity index (χ3n) is 10.5. The second-order valence-corrected chi connectivity index (χ2v) is 12.8. The molecule has 0 fully saturated rings. The zero-order valence-electron chi connectivity index (χ0n) is 25.0. The van der Waals surface area contributed by atoms with Crippen molar-refractivity contribution >= 4 is 108 Å². The minimum Gasteiger partial charge on any atom is -0.0616 e. The van der Waals surface area contributed by atoms with Crippen LogP contribution in [-0.4, -0.2) is 0 Å². The molecule has 0 nitrogen and oxygen atoms in total. The maximum absolute atomic E-state index is 2.50. The molecule has 0 aliphatic rings. The number of rotatable bonds is 0. The van der Waals surface area contributed by atoms with Crippen LogP contribution in [0.1, 0.15) is 0 Å². The average molecular weight is 579 g/mol. The summed E-state index contributed by atoms with van der Waals surface area (Å²) in [5.41, 5.74) is 0. The minimum atomic E-state index is 1.28. The standard InChI is InChI=1S/C46H26/c1-5-13-31-27(9-1)17-21-35-39-25-41-37-23-19-29-11-3-7-15-33(29)45(37)46-34-16-8-4-12-30(34)20-24-38(46)42(41)26-40(39)36-22-18-28-10-2-6-14-32(28)44(36)43(31)35/h1-26H. The van der Waals surface area contributed by atoms with Crippen LogP contribution >= 0.6 is 0 Å². The largest absolute Gasteiger partial charge is 0.0616 e. The molecule has 0 saturated carbocycles. The highest BCUT2D eigenvalue weighted by molar-refractivity contribution is 6.41. The van der Waals surface area contributed by atoms with E-state index in [1.165, 1.54) is 108 Å². The summed E-state index contributed by atoms with van der Waals surface area (Å²) >= 11 is 0. The van der Waals surface area contributed by atoms with Crippen molar-refractivity contribution in [2.45, 2.75) is 0 Å². The van der Waals surface area contributed by atoms with Crippen molar-refractivity contribution in [2.24, 2.45) is 0 Å². The molecule has 0 bridgehead atoms. The summed E-state index contributed by atoms with van der Waals surface area (Å²) in [7, 11) is 0. The molecule has 0 heteroatoms. The molecule has 0 N–H and O–H groups in total. The van der Waals surface area contributed by atoms with E-state index in [9.17, 15) is 0 Å². The van der Waals surface area contributed by atoms with Gasteiger partial charge in [-0.15, -0.1) is 0 Å². The quantitative estimate of drug-likeness (QED) is 0.124. The van der Waals surface area contributed by atoms with Gasteiger partial charge in [0.25, 0.3) is 0 Å². The van der Waals surface area contributed by atoms with Gasteiger partial charge in [-0.05, 0) is 120 Å². The summed E-state index contributed by atoms with van der Waals surface area (Å²) in [6.45, 7) is 0. The van der Waals surface area contributed by atoms with Gasteiger partial charge < -0.3 is 0 Å². The first-order valence-corrected chi connectivity index (χ1v) is 16.1. The monoisotopic (exact) mass is 578 g/mol. The normalized spacial score (nSPS) is 12.3. The Labute approximate surface area is 264 Å². The Morgan fingerprint density at radius 1 is 0.174 bits per heavy atom. The highest BCUT2D eigenvalue weighted by Crippen LogP contribution is 2.47. The maximum atomic E-state index is 2.50. The molecule has 0 saturated heterocycles. The maximum Gasteiger partial charge on any atom is -0.00141 e. The van der Waals surface area contributed by atoms with Crippen molar-refractivity contribution in [1.82, 2.24) is 0 Å². The lowest BCUT2D eigenvalue weighted by Gasteiger charge is -2.18. The molecule has 11 rings (SSSR count). The van der Waals surface area contributed by atoms with Gasteiger partial charge in [-0.25, -0.2) is 0 Å². The van der Waals surface area contributed by atoms with Gasteiger partial charge in [-0.2, -0.15) is 0 Å². The van der Waals surface area contributed by atoms with Gasteiger partial charge in [0.15, 0.2) is 0 Å². The lowest BCUT2D eigenvalue weighted by atomic mass is 9.84. The van der Waals surface area contributed by atoms with E-state index in [4.69, 9.17) is 0 Å². The van der Waals surface area contributed by atoms with E-state index >= 15 is 0 Å².